The fourth-order valence-corrected chi connectivity index (χ4v) is 1.46. The van der Waals surface area contributed by atoms with Crippen LogP contribution in [0.2, 0.25) is 0 Å². The van der Waals surface area contributed by atoms with Gasteiger partial charge >= 0.3 is 0 Å². The Labute approximate surface area is 102 Å². The first-order valence-corrected chi connectivity index (χ1v) is 5.27. The van der Waals surface area contributed by atoms with E-state index in [1.54, 1.807) is 0 Å². The van der Waals surface area contributed by atoms with Gasteiger partial charge in [0.1, 0.15) is 12.1 Å². The van der Waals surface area contributed by atoms with E-state index in [1.165, 1.54) is 30.5 Å². The Kier molecular flexibility index (Phi) is 3.69. The molecule has 1 aromatic heterocycles. The number of amides is 1. The number of rotatable bonds is 4. The Hall–Kier alpha value is -2.21. The van der Waals surface area contributed by atoms with Crippen LogP contribution in [0.25, 0.3) is 0 Å². The number of halogens is 1. The van der Waals surface area contributed by atoms with Crippen molar-refractivity contribution in [3.63, 3.8) is 0 Å². The molecule has 5 nitrogen and oxygen atoms in total. The van der Waals surface area contributed by atoms with E-state index in [4.69, 9.17) is 5.11 Å². The number of nitrogens with one attached hydrogen (secondary N) is 1. The Morgan fingerprint density at radius 2 is 2.28 bits per heavy atom. The van der Waals surface area contributed by atoms with Crippen LogP contribution in [0.1, 0.15) is 21.6 Å². The summed E-state index contributed by atoms with van der Waals surface area (Å²) >= 11 is 0. The largest absolute Gasteiger partial charge is 0.392 e. The number of aliphatic hydroxyl groups is 1. The van der Waals surface area contributed by atoms with Crippen LogP contribution in [0.4, 0.5) is 4.39 Å². The third-order valence-electron chi connectivity index (χ3n) is 2.40. The highest BCUT2D eigenvalue weighted by atomic mass is 19.1. The highest BCUT2D eigenvalue weighted by Crippen LogP contribution is 2.10. The van der Waals surface area contributed by atoms with E-state index in [0.717, 1.165) is 0 Å². The van der Waals surface area contributed by atoms with E-state index in [0.29, 0.717) is 5.56 Å². The van der Waals surface area contributed by atoms with E-state index in [1.807, 2.05) is 0 Å². The average molecular weight is 250 g/mol. The van der Waals surface area contributed by atoms with Crippen molar-refractivity contribution < 1.29 is 18.8 Å². The molecule has 0 saturated carbocycles. The molecule has 0 unspecified atom stereocenters. The van der Waals surface area contributed by atoms with Gasteiger partial charge in [-0.3, -0.25) is 4.79 Å². The van der Waals surface area contributed by atoms with E-state index >= 15 is 0 Å². The Morgan fingerprint density at radius 3 is 2.94 bits per heavy atom. The van der Waals surface area contributed by atoms with Gasteiger partial charge in [-0.1, -0.05) is 11.2 Å². The molecule has 1 amide bonds. The highest BCUT2D eigenvalue weighted by molar-refractivity contribution is 5.91. The molecule has 6 heteroatoms. The third-order valence-corrected chi connectivity index (χ3v) is 2.40. The molecule has 0 aliphatic rings. The first kappa shape index (κ1) is 12.3. The van der Waals surface area contributed by atoms with Crippen molar-refractivity contribution in [2.24, 2.45) is 0 Å². The van der Waals surface area contributed by atoms with Gasteiger partial charge in [-0.05, 0) is 17.7 Å². The van der Waals surface area contributed by atoms with Crippen molar-refractivity contribution in [3.8, 4) is 0 Å². The van der Waals surface area contributed by atoms with E-state index in [9.17, 15) is 9.18 Å². The SMILES string of the molecule is O=C(NCc1ccc(F)c(CO)c1)c1ccon1. The molecule has 0 aliphatic heterocycles. The van der Waals surface area contributed by atoms with Crippen LogP contribution in [0, 0.1) is 5.82 Å². The predicted molar refractivity (Wildman–Crippen MR) is 60.0 cm³/mol. The van der Waals surface area contributed by atoms with E-state index in [2.05, 4.69) is 15.0 Å². The normalized spacial score (nSPS) is 10.3. The maximum atomic E-state index is 13.1. The zero-order valence-electron chi connectivity index (χ0n) is 9.39. The number of aliphatic hydroxyl groups excluding tert-OH is 1. The van der Waals surface area contributed by atoms with Gasteiger partial charge in [0.25, 0.3) is 5.91 Å². The van der Waals surface area contributed by atoms with Gasteiger partial charge in [-0.2, -0.15) is 0 Å². The fourth-order valence-electron chi connectivity index (χ4n) is 1.46. The molecule has 1 heterocycles. The molecule has 2 rings (SSSR count). The minimum absolute atomic E-state index is 0.180. The smallest absolute Gasteiger partial charge is 0.273 e. The first-order chi connectivity index (χ1) is 8.70. The van der Waals surface area contributed by atoms with Crippen LogP contribution in [0.15, 0.2) is 35.1 Å². The van der Waals surface area contributed by atoms with Crippen LogP contribution in [-0.4, -0.2) is 16.2 Å². The van der Waals surface area contributed by atoms with Crippen molar-refractivity contribution in [2.75, 3.05) is 0 Å². The van der Waals surface area contributed by atoms with Gasteiger partial charge in [-0.15, -0.1) is 0 Å². The summed E-state index contributed by atoms with van der Waals surface area (Å²) in [6.45, 7) is -0.157. The van der Waals surface area contributed by atoms with Crippen molar-refractivity contribution in [1.82, 2.24) is 10.5 Å². The van der Waals surface area contributed by atoms with Gasteiger partial charge in [0, 0.05) is 18.2 Å². The van der Waals surface area contributed by atoms with Crippen molar-refractivity contribution in [3.05, 3.63) is 53.2 Å². The average Bonchev–Trinajstić information content (AvgIpc) is 2.91. The molecule has 0 fully saturated rings. The minimum Gasteiger partial charge on any atom is -0.392 e. The summed E-state index contributed by atoms with van der Waals surface area (Å²) in [5.74, 6) is -0.845. The number of benzene rings is 1. The predicted octanol–water partition coefficient (Wildman–Crippen LogP) is 1.24. The van der Waals surface area contributed by atoms with Gasteiger partial charge in [0.05, 0.1) is 6.61 Å². The molecular weight excluding hydrogens is 239 g/mol. The summed E-state index contributed by atoms with van der Waals surface area (Å²) in [6, 6.07) is 5.73. The molecule has 0 radical (unpaired) electrons. The summed E-state index contributed by atoms with van der Waals surface area (Å²) in [7, 11) is 0. The Bertz CT molecular complexity index is 540. The molecule has 0 spiro atoms. The Balaban J connectivity index is 2.00. The topological polar surface area (TPSA) is 75.4 Å². The second-order valence-corrected chi connectivity index (χ2v) is 3.65. The van der Waals surface area contributed by atoms with E-state index < -0.39 is 5.82 Å². The second-order valence-electron chi connectivity index (χ2n) is 3.65. The van der Waals surface area contributed by atoms with Gasteiger partial charge < -0.3 is 14.9 Å². The molecule has 2 aromatic rings. The molecule has 0 atom stereocenters. The Morgan fingerprint density at radius 1 is 1.44 bits per heavy atom. The van der Waals surface area contributed by atoms with Crippen LogP contribution in [-0.2, 0) is 13.2 Å². The molecule has 1 aromatic carbocycles. The molecule has 0 aliphatic carbocycles. The zero-order valence-corrected chi connectivity index (χ0v) is 9.39. The lowest BCUT2D eigenvalue weighted by atomic mass is 10.1. The monoisotopic (exact) mass is 250 g/mol. The summed E-state index contributed by atoms with van der Waals surface area (Å²) in [5.41, 5.74) is 1.07. The highest BCUT2D eigenvalue weighted by Gasteiger charge is 2.09. The van der Waals surface area contributed by atoms with E-state index in [-0.39, 0.29) is 30.3 Å². The number of carbonyl (C=O) groups excluding carboxylic acids is 1. The second kappa shape index (κ2) is 5.42. The summed E-state index contributed by atoms with van der Waals surface area (Å²) in [4.78, 5) is 11.5. The van der Waals surface area contributed by atoms with Gasteiger partial charge in [0.2, 0.25) is 0 Å². The number of aromatic nitrogens is 1. The number of carbonyl (C=O) groups is 1. The molecular formula is C12H11FN2O3. The lowest BCUT2D eigenvalue weighted by Crippen LogP contribution is -2.23. The zero-order chi connectivity index (χ0) is 13.0. The van der Waals surface area contributed by atoms with Crippen molar-refractivity contribution in [1.29, 1.82) is 0 Å². The quantitative estimate of drug-likeness (QED) is 0.856. The first-order valence-electron chi connectivity index (χ1n) is 5.27. The minimum atomic E-state index is -0.468. The van der Waals surface area contributed by atoms with Crippen LogP contribution in [0.5, 0.6) is 0 Å². The van der Waals surface area contributed by atoms with Crippen LogP contribution < -0.4 is 5.32 Å². The molecule has 94 valence electrons. The lowest BCUT2D eigenvalue weighted by molar-refractivity contribution is 0.0942. The fraction of sp³-hybridized carbons (Fsp3) is 0.167. The summed E-state index contributed by atoms with van der Waals surface area (Å²) in [5, 5.41) is 15.0. The maximum Gasteiger partial charge on any atom is 0.273 e. The molecule has 0 saturated heterocycles. The van der Waals surface area contributed by atoms with Crippen LogP contribution in [0.3, 0.4) is 0 Å². The summed E-state index contributed by atoms with van der Waals surface area (Å²) in [6.07, 6.45) is 1.30. The van der Waals surface area contributed by atoms with Gasteiger partial charge in [0.15, 0.2) is 5.69 Å². The number of hydrogen-bond donors (Lipinski definition) is 2. The maximum absolute atomic E-state index is 13.1. The lowest BCUT2D eigenvalue weighted by Gasteiger charge is -2.05. The standard InChI is InChI=1S/C12H11FN2O3/c13-10-2-1-8(5-9(10)7-16)6-14-12(17)11-3-4-18-15-11/h1-5,16H,6-7H2,(H,14,17). The molecule has 2 N–H and O–H groups in total. The molecule has 18 heavy (non-hydrogen) atoms. The third kappa shape index (κ3) is 2.72. The molecule has 0 bridgehead atoms. The van der Waals surface area contributed by atoms with Crippen molar-refractivity contribution >= 4 is 5.91 Å². The van der Waals surface area contributed by atoms with Crippen LogP contribution >= 0.6 is 0 Å². The number of hydrogen-bond acceptors (Lipinski definition) is 4. The summed E-state index contributed by atoms with van der Waals surface area (Å²) < 4.78 is 17.7. The van der Waals surface area contributed by atoms with Crippen molar-refractivity contribution in [2.45, 2.75) is 13.2 Å². The van der Waals surface area contributed by atoms with Gasteiger partial charge in [-0.25, -0.2) is 4.39 Å². The number of nitrogens with zero attached hydrogens (tertiary/aromatic N) is 1.